The zero-order chi connectivity index (χ0) is 13.1. The molecule has 2 aromatic rings. The van der Waals surface area contributed by atoms with Gasteiger partial charge in [-0.3, -0.25) is 9.79 Å². The topological polar surface area (TPSA) is 59.3 Å². The number of hydrogen-bond donors (Lipinski definition) is 1. The summed E-state index contributed by atoms with van der Waals surface area (Å²) in [7, 11) is 0. The molecule has 1 aromatic heterocycles. The van der Waals surface area contributed by atoms with E-state index in [-0.39, 0.29) is 5.91 Å². The second kappa shape index (κ2) is 4.89. The van der Waals surface area contributed by atoms with Crippen molar-refractivity contribution in [3.8, 4) is 0 Å². The molecule has 2 heterocycles. The summed E-state index contributed by atoms with van der Waals surface area (Å²) in [6.45, 7) is 0.510. The van der Waals surface area contributed by atoms with Gasteiger partial charge in [0.1, 0.15) is 6.67 Å². The van der Waals surface area contributed by atoms with Crippen LogP contribution in [0.3, 0.4) is 0 Å². The van der Waals surface area contributed by atoms with Crippen molar-refractivity contribution in [2.75, 3.05) is 0 Å². The van der Waals surface area contributed by atoms with Gasteiger partial charge < -0.3 is 9.88 Å². The summed E-state index contributed by atoms with van der Waals surface area (Å²) in [5.41, 5.74) is 2.20. The molecule has 0 bridgehead atoms. The summed E-state index contributed by atoms with van der Waals surface area (Å²) in [6, 6.07) is 9.09. The lowest BCUT2D eigenvalue weighted by Gasteiger charge is -2.04. The Bertz CT molecular complexity index is 655. The van der Waals surface area contributed by atoms with Gasteiger partial charge in [0, 0.05) is 11.8 Å². The van der Waals surface area contributed by atoms with Crippen LogP contribution >= 0.6 is 0 Å². The normalized spacial score (nSPS) is 13.4. The molecule has 0 saturated heterocycles. The monoisotopic (exact) mass is 252 g/mol. The van der Waals surface area contributed by atoms with Gasteiger partial charge in [-0.1, -0.05) is 18.2 Å². The van der Waals surface area contributed by atoms with Gasteiger partial charge in [0.15, 0.2) is 0 Å². The number of nitrogens with one attached hydrogen (secondary N) is 1. The predicted molar refractivity (Wildman–Crippen MR) is 72.6 cm³/mol. The number of aromatic nitrogens is 2. The number of rotatable bonds is 2. The third-order valence-electron chi connectivity index (χ3n) is 2.81. The molecule has 1 aliphatic rings. The highest BCUT2D eigenvalue weighted by Gasteiger charge is 2.09. The predicted octanol–water partition coefficient (Wildman–Crippen LogP) is 1.70. The molecule has 5 nitrogen and oxygen atoms in total. The molecule has 0 spiro atoms. The third-order valence-corrected chi connectivity index (χ3v) is 2.81. The third kappa shape index (κ3) is 2.44. The number of carbonyl (C=O) groups excluding carboxylic acids is 1. The molecule has 0 unspecified atom stereocenters. The van der Waals surface area contributed by atoms with E-state index in [1.54, 1.807) is 30.9 Å². The minimum absolute atomic E-state index is 0.147. The van der Waals surface area contributed by atoms with Gasteiger partial charge >= 0.3 is 0 Å². The van der Waals surface area contributed by atoms with Crippen molar-refractivity contribution in [3.05, 3.63) is 59.8 Å². The molecule has 19 heavy (non-hydrogen) atoms. The first-order valence-electron chi connectivity index (χ1n) is 5.91. The highest BCUT2D eigenvalue weighted by molar-refractivity contribution is 6.00. The Morgan fingerprint density at radius 2 is 2.11 bits per heavy atom. The summed E-state index contributed by atoms with van der Waals surface area (Å²) >= 11 is 0. The van der Waals surface area contributed by atoms with E-state index in [0.29, 0.717) is 17.9 Å². The van der Waals surface area contributed by atoms with Crippen LogP contribution in [-0.2, 0) is 6.67 Å². The number of hydrogen-bond acceptors (Lipinski definition) is 3. The molecule has 0 aliphatic carbocycles. The zero-order valence-corrected chi connectivity index (χ0v) is 10.2. The number of aliphatic imine (C=N–C) groups is 1. The van der Waals surface area contributed by atoms with Gasteiger partial charge in [-0.15, -0.1) is 0 Å². The molecule has 1 amide bonds. The van der Waals surface area contributed by atoms with Crippen molar-refractivity contribution in [1.82, 2.24) is 14.9 Å². The fourth-order valence-electron chi connectivity index (χ4n) is 1.85. The second-order valence-corrected chi connectivity index (χ2v) is 4.16. The summed E-state index contributed by atoms with van der Waals surface area (Å²) in [4.78, 5) is 20.3. The highest BCUT2D eigenvalue weighted by atomic mass is 16.1. The maximum atomic E-state index is 12.0. The van der Waals surface area contributed by atoms with Gasteiger partial charge in [-0.25, -0.2) is 4.98 Å². The minimum Gasteiger partial charge on any atom is -0.321 e. The fraction of sp³-hybridized carbons (Fsp3) is 0.0714. The Morgan fingerprint density at radius 1 is 1.26 bits per heavy atom. The van der Waals surface area contributed by atoms with Crippen molar-refractivity contribution in [2.45, 2.75) is 6.67 Å². The fourth-order valence-corrected chi connectivity index (χ4v) is 1.85. The van der Waals surface area contributed by atoms with E-state index in [2.05, 4.69) is 15.3 Å². The molecule has 0 atom stereocenters. The van der Waals surface area contributed by atoms with Gasteiger partial charge in [-0.2, -0.15) is 0 Å². The summed E-state index contributed by atoms with van der Waals surface area (Å²) < 4.78 is 1.90. The first-order valence-corrected chi connectivity index (χ1v) is 5.91. The Labute approximate surface area is 110 Å². The van der Waals surface area contributed by atoms with Crippen LogP contribution in [0.5, 0.6) is 0 Å². The largest absolute Gasteiger partial charge is 0.321 e. The first-order chi connectivity index (χ1) is 9.33. The molecule has 1 N–H and O–H groups in total. The van der Waals surface area contributed by atoms with Crippen molar-refractivity contribution in [2.24, 2.45) is 4.99 Å². The molecule has 0 radical (unpaired) electrons. The Hall–Kier alpha value is -2.69. The van der Waals surface area contributed by atoms with Crippen LogP contribution < -0.4 is 5.32 Å². The number of amides is 1. The maximum Gasteiger partial charge on any atom is 0.255 e. The van der Waals surface area contributed by atoms with Crippen molar-refractivity contribution in [3.63, 3.8) is 0 Å². The zero-order valence-electron chi connectivity index (χ0n) is 10.2. The quantitative estimate of drug-likeness (QED) is 0.884. The highest BCUT2D eigenvalue weighted by Crippen LogP contribution is 2.09. The molecule has 0 saturated carbocycles. The molecular weight excluding hydrogens is 240 g/mol. The Morgan fingerprint density at radius 3 is 2.95 bits per heavy atom. The minimum atomic E-state index is -0.147. The number of benzene rings is 1. The molecule has 0 fully saturated rings. The first kappa shape index (κ1) is 11.4. The van der Waals surface area contributed by atoms with Crippen LogP contribution in [0.15, 0.2) is 53.5 Å². The van der Waals surface area contributed by atoms with Crippen LogP contribution in [0.4, 0.5) is 0 Å². The van der Waals surface area contributed by atoms with Crippen molar-refractivity contribution >= 4 is 18.2 Å². The molecule has 1 aromatic carbocycles. The lowest BCUT2D eigenvalue weighted by molar-refractivity contribution is 0.0968. The molecule has 1 aliphatic heterocycles. The summed E-state index contributed by atoms with van der Waals surface area (Å²) in [6.07, 6.45) is 6.96. The maximum absolute atomic E-state index is 12.0. The summed E-state index contributed by atoms with van der Waals surface area (Å²) in [5.74, 6) is -0.147. The van der Waals surface area contributed by atoms with E-state index in [9.17, 15) is 4.79 Å². The lowest BCUT2D eigenvalue weighted by Crippen LogP contribution is -2.23. The van der Waals surface area contributed by atoms with Gasteiger partial charge in [0.05, 0.1) is 23.9 Å². The lowest BCUT2D eigenvalue weighted by atomic mass is 10.2. The van der Waals surface area contributed by atoms with Crippen LogP contribution in [-0.4, -0.2) is 21.7 Å². The number of nitrogens with zero attached hydrogens (tertiary/aromatic N) is 3. The van der Waals surface area contributed by atoms with Crippen LogP contribution in [0.2, 0.25) is 0 Å². The van der Waals surface area contributed by atoms with Crippen molar-refractivity contribution < 1.29 is 4.79 Å². The molecule has 3 rings (SSSR count). The van der Waals surface area contributed by atoms with Gasteiger partial charge in [0.2, 0.25) is 0 Å². The Balaban J connectivity index is 1.82. The SMILES string of the molecule is O=C(NC1=Cc2cncn2CN=C1)c1ccccc1. The second-order valence-electron chi connectivity index (χ2n) is 4.16. The van der Waals surface area contributed by atoms with Gasteiger partial charge in [0.25, 0.3) is 5.91 Å². The standard InChI is InChI=1S/C14H12N4O/c19-14(11-4-2-1-3-5-11)17-12-6-13-8-16-10-18(13)9-15-7-12/h1-8,10H,9H2,(H,17,19). The van der Waals surface area contributed by atoms with E-state index in [0.717, 1.165) is 5.69 Å². The number of fused-ring (bicyclic) bond motifs is 1. The van der Waals surface area contributed by atoms with Crippen LogP contribution in [0.1, 0.15) is 16.1 Å². The smallest absolute Gasteiger partial charge is 0.255 e. The van der Waals surface area contributed by atoms with Gasteiger partial charge in [-0.05, 0) is 18.2 Å². The average molecular weight is 252 g/mol. The van der Waals surface area contributed by atoms with Crippen LogP contribution in [0, 0.1) is 0 Å². The van der Waals surface area contributed by atoms with E-state index in [1.165, 1.54) is 0 Å². The number of imidazole rings is 1. The van der Waals surface area contributed by atoms with E-state index in [1.807, 2.05) is 28.8 Å². The summed E-state index contributed by atoms with van der Waals surface area (Å²) in [5, 5.41) is 2.84. The average Bonchev–Trinajstić information content (AvgIpc) is 2.79. The van der Waals surface area contributed by atoms with E-state index >= 15 is 0 Å². The van der Waals surface area contributed by atoms with Crippen LogP contribution in [0.25, 0.3) is 6.08 Å². The molecular formula is C14H12N4O. The number of carbonyl (C=O) groups is 1. The number of allylic oxidation sites excluding steroid dienone is 1. The van der Waals surface area contributed by atoms with Crippen molar-refractivity contribution in [1.29, 1.82) is 0 Å². The van der Waals surface area contributed by atoms with E-state index < -0.39 is 0 Å². The molecule has 94 valence electrons. The molecule has 5 heteroatoms. The Kier molecular flexibility index (Phi) is 2.94. The van der Waals surface area contributed by atoms with E-state index in [4.69, 9.17) is 0 Å².